The summed E-state index contributed by atoms with van der Waals surface area (Å²) in [4.78, 5) is 24.2. The summed E-state index contributed by atoms with van der Waals surface area (Å²) in [5, 5.41) is 5.05. The van der Waals surface area contributed by atoms with Gasteiger partial charge < -0.3 is 15.4 Å². The van der Waals surface area contributed by atoms with Crippen molar-refractivity contribution in [2.45, 2.75) is 26.1 Å². The van der Waals surface area contributed by atoms with Crippen LogP contribution in [-0.2, 0) is 15.7 Å². The van der Waals surface area contributed by atoms with E-state index < -0.39 is 29.8 Å². The number of benzene rings is 1. The van der Waals surface area contributed by atoms with Gasteiger partial charge in [0.2, 0.25) is 0 Å². The Morgan fingerprint density at radius 1 is 1.27 bits per heavy atom. The summed E-state index contributed by atoms with van der Waals surface area (Å²) in [6.07, 6.45) is -4.46. The molecule has 1 aromatic carbocycles. The van der Waals surface area contributed by atoms with Crippen molar-refractivity contribution >= 4 is 23.8 Å². The van der Waals surface area contributed by atoms with Crippen molar-refractivity contribution in [1.82, 2.24) is 10.6 Å². The van der Waals surface area contributed by atoms with E-state index in [0.29, 0.717) is 17.0 Å². The van der Waals surface area contributed by atoms with Gasteiger partial charge in [-0.1, -0.05) is 19.1 Å². The number of allylic oxidation sites excluding steroid dienone is 1. The zero-order chi connectivity index (χ0) is 19.3. The van der Waals surface area contributed by atoms with Gasteiger partial charge in [-0.05, 0) is 30.4 Å². The van der Waals surface area contributed by atoms with Gasteiger partial charge in [0.25, 0.3) is 0 Å². The molecule has 9 heteroatoms. The summed E-state index contributed by atoms with van der Waals surface area (Å²) in [5.41, 5.74) is 0.0441. The Hall–Kier alpha value is -2.16. The van der Waals surface area contributed by atoms with Crippen LogP contribution in [0.2, 0.25) is 0 Å². The van der Waals surface area contributed by atoms with Crippen molar-refractivity contribution in [2.75, 3.05) is 18.1 Å². The molecule has 0 saturated carbocycles. The largest absolute Gasteiger partial charge is 0.461 e. The summed E-state index contributed by atoms with van der Waals surface area (Å²) in [6, 6.07) is 2.90. The summed E-state index contributed by atoms with van der Waals surface area (Å²) < 4.78 is 43.4. The van der Waals surface area contributed by atoms with Crippen LogP contribution in [0.3, 0.4) is 0 Å². The number of carbonyl (C=O) groups is 2. The molecule has 0 aliphatic carbocycles. The van der Waals surface area contributed by atoms with Crippen LogP contribution in [0.5, 0.6) is 0 Å². The monoisotopic (exact) mass is 388 g/mol. The predicted molar refractivity (Wildman–Crippen MR) is 92.5 cm³/mol. The van der Waals surface area contributed by atoms with Gasteiger partial charge in [-0.3, -0.25) is 0 Å². The van der Waals surface area contributed by atoms with Crippen molar-refractivity contribution in [2.24, 2.45) is 0 Å². The Balaban J connectivity index is 2.24. The minimum atomic E-state index is -4.46. The van der Waals surface area contributed by atoms with E-state index in [4.69, 9.17) is 4.74 Å². The van der Waals surface area contributed by atoms with E-state index in [1.807, 2.05) is 6.92 Å². The van der Waals surface area contributed by atoms with Crippen LogP contribution < -0.4 is 10.6 Å². The molecule has 2 rings (SSSR count). The number of amides is 2. The minimum Gasteiger partial charge on any atom is -0.461 e. The molecule has 1 aliphatic rings. The number of esters is 1. The number of ether oxygens (including phenoxy) is 1. The first-order valence-electron chi connectivity index (χ1n) is 7.94. The second-order valence-electron chi connectivity index (χ2n) is 5.52. The molecule has 1 heterocycles. The van der Waals surface area contributed by atoms with Crippen LogP contribution in [0.25, 0.3) is 0 Å². The Bertz CT molecular complexity index is 702. The average Bonchev–Trinajstić information content (AvgIpc) is 2.57. The third-order valence-electron chi connectivity index (χ3n) is 3.73. The predicted octanol–water partition coefficient (Wildman–Crippen LogP) is 3.63. The van der Waals surface area contributed by atoms with E-state index in [-0.39, 0.29) is 12.2 Å². The maximum absolute atomic E-state index is 12.7. The van der Waals surface area contributed by atoms with Crippen molar-refractivity contribution in [1.29, 1.82) is 0 Å². The first kappa shape index (κ1) is 20.2. The van der Waals surface area contributed by atoms with E-state index in [1.165, 1.54) is 12.1 Å². The SMILES string of the molecule is CCSCCOC(=O)C1=C(C)NC(=O)N[C@H]1c1ccc(C(F)(F)F)cc1. The average molecular weight is 388 g/mol. The molecule has 5 nitrogen and oxygen atoms in total. The molecule has 1 atom stereocenters. The van der Waals surface area contributed by atoms with Gasteiger partial charge in [0.1, 0.15) is 6.61 Å². The molecule has 0 unspecified atom stereocenters. The number of thioether (sulfide) groups is 1. The Morgan fingerprint density at radius 3 is 2.50 bits per heavy atom. The summed E-state index contributed by atoms with van der Waals surface area (Å²) >= 11 is 1.61. The normalized spacial score (nSPS) is 17.6. The van der Waals surface area contributed by atoms with Crippen molar-refractivity contribution in [3.63, 3.8) is 0 Å². The van der Waals surface area contributed by atoms with Crippen molar-refractivity contribution in [3.8, 4) is 0 Å². The van der Waals surface area contributed by atoms with E-state index in [1.54, 1.807) is 18.7 Å². The molecule has 1 aromatic rings. The lowest BCUT2D eigenvalue weighted by molar-refractivity contribution is -0.139. The number of alkyl halides is 3. The molecule has 1 aliphatic heterocycles. The molecule has 0 saturated heterocycles. The lowest BCUT2D eigenvalue weighted by Crippen LogP contribution is -2.45. The van der Waals surface area contributed by atoms with Crippen LogP contribution in [0.15, 0.2) is 35.5 Å². The Morgan fingerprint density at radius 2 is 1.92 bits per heavy atom. The topological polar surface area (TPSA) is 67.4 Å². The maximum Gasteiger partial charge on any atom is 0.416 e. The number of hydrogen-bond acceptors (Lipinski definition) is 4. The number of carbonyl (C=O) groups excluding carboxylic acids is 2. The molecular weight excluding hydrogens is 369 g/mol. The molecule has 142 valence electrons. The van der Waals surface area contributed by atoms with Crippen molar-refractivity contribution in [3.05, 3.63) is 46.7 Å². The van der Waals surface area contributed by atoms with Gasteiger partial charge in [0.15, 0.2) is 0 Å². The third kappa shape index (κ3) is 4.94. The number of nitrogens with one attached hydrogen (secondary N) is 2. The Kier molecular flexibility index (Phi) is 6.57. The van der Waals surface area contributed by atoms with Crippen molar-refractivity contribution < 1.29 is 27.5 Å². The molecule has 2 amide bonds. The van der Waals surface area contributed by atoms with Gasteiger partial charge in [-0.25, -0.2) is 9.59 Å². The van der Waals surface area contributed by atoms with Crippen LogP contribution in [-0.4, -0.2) is 30.1 Å². The summed E-state index contributed by atoms with van der Waals surface area (Å²) in [6.45, 7) is 3.75. The highest BCUT2D eigenvalue weighted by Crippen LogP contribution is 2.32. The number of rotatable bonds is 6. The van der Waals surface area contributed by atoms with E-state index in [2.05, 4.69) is 10.6 Å². The second-order valence-corrected chi connectivity index (χ2v) is 6.92. The standard InChI is InChI=1S/C17H19F3N2O3S/c1-3-26-9-8-25-15(23)13-10(2)21-16(24)22-14(13)11-4-6-12(7-5-11)17(18,19)20/h4-7,14H,3,8-9H2,1-2H3,(H2,21,22,24)/t14-/m0/s1. The van der Waals surface area contributed by atoms with Gasteiger partial charge in [-0.2, -0.15) is 24.9 Å². The first-order valence-corrected chi connectivity index (χ1v) is 9.09. The second kappa shape index (κ2) is 8.48. The molecule has 0 radical (unpaired) electrons. The molecule has 26 heavy (non-hydrogen) atoms. The maximum atomic E-state index is 12.7. The van der Waals surface area contributed by atoms with Gasteiger partial charge in [0.05, 0.1) is 17.2 Å². The van der Waals surface area contributed by atoms with Gasteiger partial charge in [0, 0.05) is 11.4 Å². The van der Waals surface area contributed by atoms with Gasteiger partial charge in [-0.15, -0.1) is 0 Å². The fourth-order valence-corrected chi connectivity index (χ4v) is 2.98. The molecule has 0 fully saturated rings. The van der Waals surface area contributed by atoms with Crippen LogP contribution in [0.1, 0.15) is 31.0 Å². The number of hydrogen-bond donors (Lipinski definition) is 2. The molecule has 2 N–H and O–H groups in total. The first-order chi connectivity index (χ1) is 12.2. The molecule has 0 bridgehead atoms. The molecule has 0 aromatic heterocycles. The Labute approximate surface area is 153 Å². The van der Waals surface area contributed by atoms with E-state index in [0.717, 1.165) is 17.9 Å². The zero-order valence-corrected chi connectivity index (χ0v) is 15.1. The summed E-state index contributed by atoms with van der Waals surface area (Å²) in [7, 11) is 0. The lowest BCUT2D eigenvalue weighted by atomic mass is 9.95. The fraction of sp³-hybridized carbons (Fsp3) is 0.412. The molecule has 0 spiro atoms. The zero-order valence-electron chi connectivity index (χ0n) is 14.3. The van der Waals surface area contributed by atoms with Crippen LogP contribution in [0.4, 0.5) is 18.0 Å². The van der Waals surface area contributed by atoms with Crippen LogP contribution in [0, 0.1) is 0 Å². The number of halogens is 3. The van der Waals surface area contributed by atoms with Gasteiger partial charge >= 0.3 is 18.2 Å². The van der Waals surface area contributed by atoms with E-state index in [9.17, 15) is 22.8 Å². The minimum absolute atomic E-state index is 0.172. The highest BCUT2D eigenvalue weighted by molar-refractivity contribution is 7.99. The van der Waals surface area contributed by atoms with E-state index >= 15 is 0 Å². The molecular formula is C17H19F3N2O3S. The highest BCUT2D eigenvalue weighted by Gasteiger charge is 2.34. The smallest absolute Gasteiger partial charge is 0.416 e. The summed E-state index contributed by atoms with van der Waals surface area (Å²) in [5.74, 6) is 0.918. The van der Waals surface area contributed by atoms with Crippen LogP contribution >= 0.6 is 11.8 Å². The lowest BCUT2D eigenvalue weighted by Gasteiger charge is -2.28. The fourth-order valence-electron chi connectivity index (χ4n) is 2.49. The number of urea groups is 1. The quantitative estimate of drug-likeness (QED) is 0.577. The highest BCUT2D eigenvalue weighted by atomic mass is 32.2. The third-order valence-corrected chi connectivity index (χ3v) is 4.59.